The molecule has 5 heteroatoms. The molecule has 0 atom stereocenters. The van der Waals surface area contributed by atoms with Crippen LogP contribution in [0.15, 0.2) is 30.3 Å². The molecule has 1 N–H and O–H groups in total. The molecule has 96 valence electrons. The highest BCUT2D eigenvalue weighted by Crippen LogP contribution is 2.10. The molecule has 0 saturated heterocycles. The van der Waals surface area contributed by atoms with Gasteiger partial charge < -0.3 is 4.48 Å². The van der Waals surface area contributed by atoms with E-state index in [4.69, 9.17) is 4.55 Å². The molecule has 0 unspecified atom stereocenters. The van der Waals surface area contributed by atoms with Gasteiger partial charge in [0.1, 0.15) is 6.54 Å². The first-order chi connectivity index (χ1) is 7.79. The topological polar surface area (TPSA) is 54.4 Å². The molecule has 1 aromatic carbocycles. The van der Waals surface area contributed by atoms with E-state index in [0.717, 1.165) is 6.54 Å². The van der Waals surface area contributed by atoms with E-state index in [1.807, 2.05) is 18.2 Å². The highest BCUT2D eigenvalue weighted by Gasteiger charge is 2.17. The van der Waals surface area contributed by atoms with Crippen LogP contribution in [0.4, 0.5) is 0 Å². The predicted molar refractivity (Wildman–Crippen MR) is 68.2 cm³/mol. The average molecular weight is 258 g/mol. The normalized spacial score (nSPS) is 12.6. The van der Waals surface area contributed by atoms with Gasteiger partial charge in [-0.2, -0.15) is 8.42 Å². The molecule has 0 radical (unpaired) electrons. The largest absolute Gasteiger partial charge is 0.325 e. The van der Waals surface area contributed by atoms with Crippen LogP contribution in [0.1, 0.15) is 12.0 Å². The molecular formula is C12H20NO3S+. The Morgan fingerprint density at radius 1 is 1.18 bits per heavy atom. The first-order valence-electron chi connectivity index (χ1n) is 5.60. The summed E-state index contributed by atoms with van der Waals surface area (Å²) in [4.78, 5) is 0. The van der Waals surface area contributed by atoms with Crippen molar-refractivity contribution >= 4 is 10.1 Å². The average Bonchev–Trinajstić information content (AvgIpc) is 2.15. The minimum Gasteiger partial charge on any atom is -0.325 e. The number of rotatable bonds is 6. The molecule has 0 aliphatic rings. The Balaban J connectivity index is 2.46. The zero-order valence-electron chi connectivity index (χ0n) is 10.3. The summed E-state index contributed by atoms with van der Waals surface area (Å²) < 4.78 is 30.6. The summed E-state index contributed by atoms with van der Waals surface area (Å²) in [6, 6.07) is 10.1. The Bertz CT molecular complexity index is 440. The number of nitrogens with zero attached hydrogens (tertiary/aromatic N) is 1. The van der Waals surface area contributed by atoms with Crippen molar-refractivity contribution in [2.45, 2.75) is 13.0 Å². The molecule has 0 amide bonds. The van der Waals surface area contributed by atoms with Crippen LogP contribution in [0.5, 0.6) is 0 Å². The number of hydrogen-bond acceptors (Lipinski definition) is 2. The molecule has 0 spiro atoms. The molecule has 17 heavy (non-hydrogen) atoms. The second-order valence-corrected chi connectivity index (χ2v) is 6.51. The maximum Gasteiger partial charge on any atom is 0.265 e. The van der Waals surface area contributed by atoms with Crippen molar-refractivity contribution in [1.82, 2.24) is 0 Å². The third-order valence-corrected chi connectivity index (χ3v) is 3.42. The van der Waals surface area contributed by atoms with Crippen molar-refractivity contribution < 1.29 is 17.5 Å². The van der Waals surface area contributed by atoms with Gasteiger partial charge in [0.15, 0.2) is 0 Å². The van der Waals surface area contributed by atoms with Crippen LogP contribution in [-0.2, 0) is 16.7 Å². The summed E-state index contributed by atoms with van der Waals surface area (Å²) in [5.74, 6) is -0.163. The minimum absolute atomic E-state index is 0.163. The smallest absolute Gasteiger partial charge is 0.265 e. The summed E-state index contributed by atoms with van der Waals surface area (Å²) in [6.07, 6.45) is 0.471. The van der Waals surface area contributed by atoms with E-state index < -0.39 is 10.1 Å². The Labute approximate surface area is 103 Å². The van der Waals surface area contributed by atoms with Crippen LogP contribution in [0.25, 0.3) is 0 Å². The summed E-state index contributed by atoms with van der Waals surface area (Å²) in [5, 5.41) is 0. The van der Waals surface area contributed by atoms with Gasteiger partial charge in [0.05, 0.1) is 26.4 Å². The fourth-order valence-corrected chi connectivity index (χ4v) is 2.33. The molecule has 0 saturated carbocycles. The number of quaternary nitrogens is 1. The highest BCUT2D eigenvalue weighted by atomic mass is 32.2. The maximum atomic E-state index is 10.6. The standard InChI is InChI=1S/C12H19NO3S/c1-13(2,9-6-10-17(14,15)16)11-12-7-4-3-5-8-12/h3-5,7-8H,6,9-11H2,1-2H3/p+1. The number of benzene rings is 1. The fourth-order valence-electron chi connectivity index (χ4n) is 1.83. The third kappa shape index (κ3) is 6.41. The lowest BCUT2D eigenvalue weighted by atomic mass is 10.2. The van der Waals surface area contributed by atoms with Crippen molar-refractivity contribution in [3.05, 3.63) is 35.9 Å². The van der Waals surface area contributed by atoms with E-state index in [9.17, 15) is 8.42 Å². The molecular weight excluding hydrogens is 238 g/mol. The van der Waals surface area contributed by atoms with Crippen molar-refractivity contribution in [3.8, 4) is 0 Å². The summed E-state index contributed by atoms with van der Waals surface area (Å²) in [6.45, 7) is 1.57. The second-order valence-electron chi connectivity index (χ2n) is 4.94. The van der Waals surface area contributed by atoms with E-state index in [2.05, 4.69) is 26.2 Å². The lowest BCUT2D eigenvalue weighted by Crippen LogP contribution is -2.40. The van der Waals surface area contributed by atoms with Gasteiger partial charge in [0.25, 0.3) is 10.1 Å². The van der Waals surface area contributed by atoms with Gasteiger partial charge in [-0.05, 0) is 0 Å². The Morgan fingerprint density at radius 2 is 1.76 bits per heavy atom. The van der Waals surface area contributed by atoms with Crippen LogP contribution in [0.3, 0.4) is 0 Å². The Morgan fingerprint density at radius 3 is 2.29 bits per heavy atom. The highest BCUT2D eigenvalue weighted by molar-refractivity contribution is 7.85. The van der Waals surface area contributed by atoms with E-state index in [1.165, 1.54) is 5.56 Å². The Hall–Kier alpha value is -0.910. The summed E-state index contributed by atoms with van der Waals surface area (Å²) in [5.41, 5.74) is 1.23. The predicted octanol–water partition coefficient (Wildman–Crippen LogP) is 1.54. The van der Waals surface area contributed by atoms with E-state index >= 15 is 0 Å². The number of hydrogen-bond donors (Lipinski definition) is 1. The quantitative estimate of drug-likeness (QED) is 0.622. The van der Waals surface area contributed by atoms with Gasteiger partial charge >= 0.3 is 0 Å². The molecule has 0 heterocycles. The van der Waals surface area contributed by atoms with Gasteiger partial charge in [-0.1, -0.05) is 30.3 Å². The minimum atomic E-state index is -3.83. The van der Waals surface area contributed by atoms with Crippen LogP contribution in [0.2, 0.25) is 0 Å². The zero-order chi connectivity index (χ0) is 12.9. The van der Waals surface area contributed by atoms with E-state index in [0.29, 0.717) is 17.4 Å². The molecule has 0 aromatic heterocycles. The van der Waals surface area contributed by atoms with Crippen LogP contribution >= 0.6 is 0 Å². The first-order valence-corrected chi connectivity index (χ1v) is 7.20. The molecule has 0 aliphatic heterocycles. The summed E-state index contributed by atoms with van der Waals surface area (Å²) in [7, 11) is 0.276. The van der Waals surface area contributed by atoms with Crippen LogP contribution in [0, 0.1) is 0 Å². The second kappa shape index (κ2) is 5.62. The molecule has 0 fully saturated rings. The lowest BCUT2D eigenvalue weighted by molar-refractivity contribution is -0.903. The van der Waals surface area contributed by atoms with Gasteiger partial charge in [-0.15, -0.1) is 0 Å². The van der Waals surface area contributed by atoms with Crippen molar-refractivity contribution in [3.63, 3.8) is 0 Å². The van der Waals surface area contributed by atoms with E-state index in [1.54, 1.807) is 0 Å². The third-order valence-electron chi connectivity index (χ3n) is 2.62. The van der Waals surface area contributed by atoms with Gasteiger partial charge in [-0.25, -0.2) is 0 Å². The first kappa shape index (κ1) is 14.2. The SMILES string of the molecule is C[N+](C)(CCCS(=O)(=O)O)Cc1ccccc1. The molecule has 0 aliphatic carbocycles. The van der Waals surface area contributed by atoms with Gasteiger partial charge in [0.2, 0.25) is 0 Å². The lowest BCUT2D eigenvalue weighted by Gasteiger charge is -2.29. The molecule has 4 nitrogen and oxygen atoms in total. The van der Waals surface area contributed by atoms with Crippen LogP contribution < -0.4 is 0 Å². The maximum absolute atomic E-state index is 10.6. The fraction of sp³-hybridized carbons (Fsp3) is 0.500. The van der Waals surface area contributed by atoms with Crippen molar-refractivity contribution in [1.29, 1.82) is 0 Å². The van der Waals surface area contributed by atoms with Gasteiger partial charge in [0, 0.05) is 12.0 Å². The van der Waals surface area contributed by atoms with Crippen LogP contribution in [-0.4, -0.2) is 43.8 Å². The molecule has 0 bridgehead atoms. The van der Waals surface area contributed by atoms with Crippen molar-refractivity contribution in [2.75, 3.05) is 26.4 Å². The summed E-state index contributed by atoms with van der Waals surface area (Å²) >= 11 is 0. The zero-order valence-corrected chi connectivity index (χ0v) is 11.2. The van der Waals surface area contributed by atoms with Gasteiger partial charge in [-0.3, -0.25) is 4.55 Å². The van der Waals surface area contributed by atoms with E-state index in [-0.39, 0.29) is 5.75 Å². The molecule has 1 rings (SSSR count). The molecule has 1 aromatic rings. The monoisotopic (exact) mass is 258 g/mol. The van der Waals surface area contributed by atoms with Crippen molar-refractivity contribution in [2.24, 2.45) is 0 Å². The Kier molecular flexibility index (Phi) is 4.68.